The maximum Gasteiger partial charge on any atom is 0.246 e. The number of fused-ring (bicyclic) bond motifs is 2. The van der Waals surface area contributed by atoms with Gasteiger partial charge >= 0.3 is 0 Å². The van der Waals surface area contributed by atoms with Crippen LogP contribution in [0.5, 0.6) is 0 Å². The van der Waals surface area contributed by atoms with Crippen molar-refractivity contribution in [3.63, 3.8) is 0 Å². The Labute approximate surface area is 304 Å². The Bertz CT molecular complexity index is 1380. The molecule has 2 aliphatic carbocycles. The Morgan fingerprint density at radius 3 is 2.62 bits per heavy atom. The van der Waals surface area contributed by atoms with Crippen LogP contribution in [0.25, 0.3) is 0 Å². The summed E-state index contributed by atoms with van der Waals surface area (Å²) in [7, 11) is 4.13. The molecule has 1 aromatic carbocycles. The summed E-state index contributed by atoms with van der Waals surface area (Å²) >= 11 is 2.11. The Morgan fingerprint density at radius 2 is 1.88 bits per heavy atom. The Balaban J connectivity index is 1.27. The van der Waals surface area contributed by atoms with Crippen LogP contribution in [0.15, 0.2) is 36.9 Å². The summed E-state index contributed by atoms with van der Waals surface area (Å²) in [6.07, 6.45) is 15.9. The Kier molecular flexibility index (Phi) is 11.6. The van der Waals surface area contributed by atoms with E-state index in [2.05, 4.69) is 76.2 Å². The summed E-state index contributed by atoms with van der Waals surface area (Å²) in [6.45, 7) is 7.70. The molecule has 3 saturated heterocycles. The number of hydrogen-bond donors (Lipinski definition) is 2. The lowest BCUT2D eigenvalue weighted by Crippen LogP contribution is -2.82. The van der Waals surface area contributed by atoms with Gasteiger partial charge in [-0.2, -0.15) is 5.26 Å². The van der Waals surface area contributed by atoms with Crippen molar-refractivity contribution in [2.24, 2.45) is 11.8 Å². The molecule has 7 rings (SSSR count). The zero-order valence-corrected chi connectivity index (χ0v) is 31.3. The van der Waals surface area contributed by atoms with Crippen molar-refractivity contribution in [1.82, 2.24) is 25.3 Å². The number of thioether (sulfide) groups is 1. The third-order valence-corrected chi connectivity index (χ3v) is 15.0. The van der Waals surface area contributed by atoms with E-state index < -0.39 is 0 Å². The molecule has 1 amide bonds. The maximum absolute atomic E-state index is 13.1. The van der Waals surface area contributed by atoms with Gasteiger partial charge in [-0.05, 0) is 81.7 Å². The first-order valence-electron chi connectivity index (χ1n) is 19.6. The number of methoxy groups -OCH3 is 1. The molecule has 8 atom stereocenters. The fraction of sp³-hybridized carbons (Fsp3) is 0.750. The number of nitriles is 1. The normalized spacial score (nSPS) is 37.3. The molecule has 0 bridgehead atoms. The summed E-state index contributed by atoms with van der Waals surface area (Å²) in [5.41, 5.74) is 2.45. The molecule has 1 aromatic rings. The van der Waals surface area contributed by atoms with Crippen LogP contribution in [0, 0.1) is 23.2 Å². The number of rotatable bonds is 8. The van der Waals surface area contributed by atoms with Crippen LogP contribution >= 0.6 is 11.8 Å². The van der Waals surface area contributed by atoms with E-state index in [1.165, 1.54) is 75.0 Å². The number of benzene rings is 1. The molecule has 2 N–H and O–H groups in total. The second kappa shape index (κ2) is 16.0. The van der Waals surface area contributed by atoms with Crippen LogP contribution in [0.3, 0.4) is 0 Å². The number of nitrogens with one attached hydrogen (secondary N) is 2. The molecule has 4 aliphatic heterocycles. The second-order valence-electron chi connectivity index (χ2n) is 16.0. The van der Waals surface area contributed by atoms with Crippen molar-refractivity contribution in [3.05, 3.63) is 48.0 Å². The van der Waals surface area contributed by atoms with E-state index in [0.717, 1.165) is 38.1 Å². The summed E-state index contributed by atoms with van der Waals surface area (Å²) in [5.74, 6) is 1.76. The number of likely N-dealkylation sites (tertiary alicyclic amines) is 1. The van der Waals surface area contributed by atoms with Gasteiger partial charge in [-0.25, -0.2) is 0 Å². The Hall–Kier alpha value is -1.97. The minimum absolute atomic E-state index is 0.0179. The van der Waals surface area contributed by atoms with Crippen molar-refractivity contribution >= 4 is 17.7 Å². The highest BCUT2D eigenvalue weighted by molar-refractivity contribution is 8.00. The average Bonchev–Trinajstić information content (AvgIpc) is 3.54. The first-order chi connectivity index (χ1) is 24.4. The van der Waals surface area contributed by atoms with Gasteiger partial charge in [0.1, 0.15) is 0 Å². The van der Waals surface area contributed by atoms with Crippen LogP contribution < -0.4 is 10.6 Å². The molecule has 274 valence electrons. The van der Waals surface area contributed by atoms with Crippen molar-refractivity contribution in [1.29, 1.82) is 5.26 Å². The van der Waals surface area contributed by atoms with Gasteiger partial charge in [0, 0.05) is 55.2 Å². The van der Waals surface area contributed by atoms with Gasteiger partial charge in [-0.1, -0.05) is 62.9 Å². The lowest BCUT2D eigenvalue weighted by Gasteiger charge is -2.65. The molecule has 50 heavy (non-hydrogen) atoms. The van der Waals surface area contributed by atoms with Gasteiger partial charge in [0.25, 0.3) is 0 Å². The van der Waals surface area contributed by atoms with Crippen molar-refractivity contribution in [2.75, 3.05) is 46.9 Å². The predicted octanol–water partition coefficient (Wildman–Crippen LogP) is 5.78. The molecule has 2 saturated carbocycles. The van der Waals surface area contributed by atoms with Gasteiger partial charge in [0.2, 0.25) is 5.91 Å². The minimum Gasteiger partial charge on any atom is -0.375 e. The van der Waals surface area contributed by atoms with Crippen LogP contribution in [0.1, 0.15) is 101 Å². The number of hydrogen-bond acceptors (Lipinski definition) is 9. The molecule has 1 spiro atoms. The highest BCUT2D eigenvalue weighted by Gasteiger charge is 2.61. The van der Waals surface area contributed by atoms with E-state index in [4.69, 9.17) is 9.47 Å². The quantitative estimate of drug-likeness (QED) is 0.327. The summed E-state index contributed by atoms with van der Waals surface area (Å²) in [6, 6.07) is 11.8. The van der Waals surface area contributed by atoms with Gasteiger partial charge in [-0.3, -0.25) is 20.3 Å². The van der Waals surface area contributed by atoms with Crippen molar-refractivity contribution < 1.29 is 14.3 Å². The van der Waals surface area contributed by atoms with Crippen LogP contribution in [0.2, 0.25) is 0 Å². The highest BCUT2D eigenvalue weighted by Crippen LogP contribution is 2.58. The molecule has 5 fully saturated rings. The molecule has 4 heterocycles. The largest absolute Gasteiger partial charge is 0.375 e. The lowest BCUT2D eigenvalue weighted by atomic mass is 9.62. The number of nitrogens with zero attached hydrogens (tertiary/aromatic N) is 4. The fourth-order valence-electron chi connectivity index (χ4n) is 11.0. The third-order valence-electron chi connectivity index (χ3n) is 13.4. The molecular formula is C40H60N6O3S. The minimum atomic E-state index is -0.308. The average molecular weight is 705 g/mol. The molecular weight excluding hydrogens is 645 g/mol. The number of amides is 1. The van der Waals surface area contributed by atoms with E-state index in [-0.39, 0.29) is 40.9 Å². The van der Waals surface area contributed by atoms with Crippen LogP contribution in [0.4, 0.5) is 0 Å². The zero-order chi connectivity index (χ0) is 34.7. The van der Waals surface area contributed by atoms with Gasteiger partial charge < -0.3 is 19.3 Å². The topological polar surface area (TPSA) is 93.1 Å². The van der Waals surface area contributed by atoms with Crippen LogP contribution in [-0.2, 0) is 20.0 Å². The SMILES string of the molecule is C=CC(=O)N1CCN(C2(C3CCCCCCC3)NC(OCC3CCCN3C)NC3C[C@@]4(CCC32)SCc2ccccc2C4OC)CC1CC#N. The monoisotopic (exact) mass is 704 g/mol. The van der Waals surface area contributed by atoms with E-state index >= 15 is 0 Å². The maximum atomic E-state index is 13.1. The van der Waals surface area contributed by atoms with E-state index in [0.29, 0.717) is 44.0 Å². The van der Waals surface area contributed by atoms with Gasteiger partial charge in [0.15, 0.2) is 6.35 Å². The molecule has 0 aromatic heterocycles. The number of piperazine rings is 1. The number of ether oxygens (including phenoxy) is 2. The van der Waals surface area contributed by atoms with Gasteiger partial charge in [-0.15, -0.1) is 11.8 Å². The number of carbonyl (C=O) groups is 1. The third kappa shape index (κ3) is 6.93. The standard InChI is InChI=1S/C40H60N6O3S/c1-4-36(47)46-24-23-45(26-31(46)19-21-41)40(30-14-8-6-5-7-9-15-30)34-18-20-39(37(48-3)33-17-11-10-13-29(33)28-50-39)25-35(34)42-38(43-40)49-27-32-16-12-22-44(32)2/h4,10-11,13,17,30-32,34-35,37-38,42-43H,1,5-9,12,14-16,18-20,22-28H2,2-3H3/t31?,32?,34?,35?,37?,38?,39-,40?/m1/s1. The van der Waals surface area contributed by atoms with E-state index in [1.807, 2.05) is 12.0 Å². The lowest BCUT2D eigenvalue weighted by molar-refractivity contribution is -0.184. The number of carbonyl (C=O) groups excluding carboxylic acids is 1. The fourth-order valence-corrected chi connectivity index (χ4v) is 12.6. The predicted molar refractivity (Wildman–Crippen MR) is 199 cm³/mol. The second-order valence-corrected chi connectivity index (χ2v) is 17.4. The van der Waals surface area contributed by atoms with E-state index in [9.17, 15) is 10.1 Å². The molecule has 0 radical (unpaired) electrons. The van der Waals surface area contributed by atoms with Crippen LogP contribution in [-0.4, -0.2) is 102 Å². The Morgan fingerprint density at radius 1 is 1.08 bits per heavy atom. The molecule has 7 unspecified atom stereocenters. The number of likely N-dealkylation sites (N-methyl/N-ethyl adjacent to an activating group) is 1. The molecule has 6 aliphatic rings. The smallest absolute Gasteiger partial charge is 0.246 e. The summed E-state index contributed by atoms with van der Waals surface area (Å²) in [4.78, 5) is 20.1. The first kappa shape index (κ1) is 36.4. The van der Waals surface area contributed by atoms with Crippen molar-refractivity contribution in [3.8, 4) is 6.07 Å². The molecule has 10 heteroatoms. The zero-order valence-electron chi connectivity index (χ0n) is 30.5. The summed E-state index contributed by atoms with van der Waals surface area (Å²) in [5, 5.41) is 18.3. The summed E-state index contributed by atoms with van der Waals surface area (Å²) < 4.78 is 13.4. The highest BCUT2D eigenvalue weighted by atomic mass is 32.2. The van der Waals surface area contributed by atoms with Gasteiger partial charge in [0.05, 0.1) is 36.9 Å². The molecule has 9 nitrogen and oxygen atoms in total. The van der Waals surface area contributed by atoms with E-state index in [1.54, 1.807) is 0 Å². The van der Waals surface area contributed by atoms with Crippen molar-refractivity contribution in [2.45, 2.75) is 130 Å². The first-order valence-corrected chi connectivity index (χ1v) is 20.6.